The largest absolute Gasteiger partial charge is 0.292 e. The summed E-state index contributed by atoms with van der Waals surface area (Å²) in [7, 11) is 0. The monoisotopic (exact) mass is 190 g/mol. The molecule has 2 heterocycles. The minimum Gasteiger partial charge on any atom is -0.292 e. The van der Waals surface area contributed by atoms with E-state index in [1.807, 2.05) is 12.3 Å². The standard InChI is InChI=1S/C12H18N2/c1-12(2,3)14-8-6-10-5-4-7-13-11(10)9-14/h4-5,7H,6,8-9H2,1-3H3. The van der Waals surface area contributed by atoms with Crippen LogP contribution < -0.4 is 0 Å². The van der Waals surface area contributed by atoms with Gasteiger partial charge in [0.15, 0.2) is 0 Å². The molecule has 2 heteroatoms. The van der Waals surface area contributed by atoms with Gasteiger partial charge in [0, 0.05) is 24.8 Å². The third-order valence-electron chi connectivity index (χ3n) is 2.92. The van der Waals surface area contributed by atoms with Gasteiger partial charge in [0.25, 0.3) is 0 Å². The van der Waals surface area contributed by atoms with Gasteiger partial charge in [-0.1, -0.05) is 6.07 Å². The minimum absolute atomic E-state index is 0.259. The summed E-state index contributed by atoms with van der Waals surface area (Å²) in [5.41, 5.74) is 2.94. The molecular formula is C12H18N2. The van der Waals surface area contributed by atoms with Crippen LogP contribution in [0.4, 0.5) is 0 Å². The second kappa shape index (κ2) is 3.35. The second-order valence-electron chi connectivity index (χ2n) is 4.95. The molecule has 1 aliphatic heterocycles. The van der Waals surface area contributed by atoms with Crippen LogP contribution in [0.25, 0.3) is 0 Å². The lowest BCUT2D eigenvalue weighted by molar-refractivity contribution is 0.118. The fourth-order valence-corrected chi connectivity index (χ4v) is 1.93. The Balaban J connectivity index is 2.22. The Labute approximate surface area is 86.0 Å². The van der Waals surface area contributed by atoms with Crippen molar-refractivity contribution >= 4 is 0 Å². The van der Waals surface area contributed by atoms with Crippen LogP contribution in [0.15, 0.2) is 18.3 Å². The topological polar surface area (TPSA) is 16.1 Å². The Hall–Kier alpha value is -0.890. The molecule has 0 N–H and O–H groups in total. The molecule has 0 spiro atoms. The molecule has 0 radical (unpaired) electrons. The quantitative estimate of drug-likeness (QED) is 0.623. The van der Waals surface area contributed by atoms with E-state index in [0.717, 1.165) is 19.5 Å². The molecule has 76 valence electrons. The fraction of sp³-hybridized carbons (Fsp3) is 0.583. The predicted octanol–water partition coefficient (Wildman–Crippen LogP) is 2.24. The molecule has 1 aromatic heterocycles. The van der Waals surface area contributed by atoms with Crippen molar-refractivity contribution in [3.8, 4) is 0 Å². The predicted molar refractivity (Wildman–Crippen MR) is 58.1 cm³/mol. The average Bonchev–Trinajstić information content (AvgIpc) is 2.16. The van der Waals surface area contributed by atoms with Crippen molar-refractivity contribution in [2.75, 3.05) is 6.54 Å². The highest BCUT2D eigenvalue weighted by molar-refractivity contribution is 5.22. The number of pyridine rings is 1. The zero-order valence-electron chi connectivity index (χ0n) is 9.25. The molecule has 0 saturated carbocycles. The van der Waals surface area contributed by atoms with Gasteiger partial charge < -0.3 is 0 Å². The molecule has 0 fully saturated rings. The number of hydrogen-bond acceptors (Lipinski definition) is 2. The van der Waals surface area contributed by atoms with Crippen molar-refractivity contribution in [2.45, 2.75) is 39.3 Å². The van der Waals surface area contributed by atoms with Crippen molar-refractivity contribution in [2.24, 2.45) is 0 Å². The summed E-state index contributed by atoms with van der Waals surface area (Å²) in [4.78, 5) is 6.93. The summed E-state index contributed by atoms with van der Waals surface area (Å²) >= 11 is 0. The minimum atomic E-state index is 0.259. The van der Waals surface area contributed by atoms with Crippen molar-refractivity contribution in [1.82, 2.24) is 9.88 Å². The lowest BCUT2D eigenvalue weighted by Crippen LogP contribution is -2.44. The van der Waals surface area contributed by atoms with E-state index in [-0.39, 0.29) is 5.54 Å². The highest BCUT2D eigenvalue weighted by Gasteiger charge is 2.25. The first-order valence-electron chi connectivity index (χ1n) is 5.25. The van der Waals surface area contributed by atoms with Crippen LogP contribution in [0.3, 0.4) is 0 Å². The lowest BCUT2D eigenvalue weighted by Gasteiger charge is -2.38. The maximum absolute atomic E-state index is 4.44. The Kier molecular flexibility index (Phi) is 2.31. The van der Waals surface area contributed by atoms with Crippen molar-refractivity contribution < 1.29 is 0 Å². The van der Waals surface area contributed by atoms with Gasteiger partial charge in [-0.2, -0.15) is 0 Å². The third kappa shape index (κ3) is 1.80. The first-order chi connectivity index (χ1) is 6.57. The molecule has 0 unspecified atom stereocenters. The maximum atomic E-state index is 4.44. The molecule has 2 nitrogen and oxygen atoms in total. The molecule has 0 saturated heterocycles. The van der Waals surface area contributed by atoms with Crippen molar-refractivity contribution in [3.05, 3.63) is 29.6 Å². The number of fused-ring (bicyclic) bond motifs is 1. The highest BCUT2D eigenvalue weighted by Crippen LogP contribution is 2.23. The smallest absolute Gasteiger partial charge is 0.0576 e. The van der Waals surface area contributed by atoms with E-state index < -0.39 is 0 Å². The summed E-state index contributed by atoms with van der Waals surface area (Å²) in [5.74, 6) is 0. The SMILES string of the molecule is CC(C)(C)N1CCc2cccnc2C1. The summed E-state index contributed by atoms with van der Waals surface area (Å²) < 4.78 is 0. The van der Waals surface area contributed by atoms with E-state index in [0.29, 0.717) is 0 Å². The number of rotatable bonds is 0. The molecule has 0 atom stereocenters. The first kappa shape index (κ1) is 9.66. The van der Waals surface area contributed by atoms with Gasteiger partial charge in [-0.3, -0.25) is 9.88 Å². The van der Waals surface area contributed by atoms with Crippen LogP contribution in [0.1, 0.15) is 32.0 Å². The molecule has 0 bridgehead atoms. The number of aromatic nitrogens is 1. The number of hydrogen-bond donors (Lipinski definition) is 0. The molecule has 1 aliphatic rings. The molecule has 2 rings (SSSR count). The van der Waals surface area contributed by atoms with Gasteiger partial charge in [-0.15, -0.1) is 0 Å². The van der Waals surface area contributed by atoms with E-state index in [1.54, 1.807) is 0 Å². The average molecular weight is 190 g/mol. The first-order valence-corrected chi connectivity index (χ1v) is 5.25. The highest BCUT2D eigenvalue weighted by atomic mass is 15.2. The molecule has 0 aliphatic carbocycles. The lowest BCUT2D eigenvalue weighted by atomic mass is 9.98. The van der Waals surface area contributed by atoms with Gasteiger partial charge in [0.05, 0.1) is 5.69 Å². The van der Waals surface area contributed by atoms with Gasteiger partial charge in [-0.05, 0) is 38.8 Å². The van der Waals surface area contributed by atoms with Crippen LogP contribution in [-0.4, -0.2) is 22.0 Å². The molecule has 1 aromatic rings. The Morgan fingerprint density at radius 2 is 2.14 bits per heavy atom. The molecule has 0 aromatic carbocycles. The Morgan fingerprint density at radius 1 is 1.36 bits per heavy atom. The normalized spacial score (nSPS) is 17.9. The van der Waals surface area contributed by atoms with E-state index in [9.17, 15) is 0 Å². The van der Waals surface area contributed by atoms with Gasteiger partial charge >= 0.3 is 0 Å². The summed E-state index contributed by atoms with van der Waals surface area (Å²) in [6.07, 6.45) is 3.03. The molecular weight excluding hydrogens is 172 g/mol. The Morgan fingerprint density at radius 3 is 2.86 bits per heavy atom. The van der Waals surface area contributed by atoms with Gasteiger partial charge in [0.1, 0.15) is 0 Å². The van der Waals surface area contributed by atoms with E-state index >= 15 is 0 Å². The third-order valence-corrected chi connectivity index (χ3v) is 2.92. The van der Waals surface area contributed by atoms with Crippen molar-refractivity contribution in [1.29, 1.82) is 0 Å². The van der Waals surface area contributed by atoms with Gasteiger partial charge in [-0.25, -0.2) is 0 Å². The zero-order chi connectivity index (χ0) is 10.2. The zero-order valence-corrected chi connectivity index (χ0v) is 9.25. The second-order valence-corrected chi connectivity index (χ2v) is 4.95. The molecule has 14 heavy (non-hydrogen) atoms. The summed E-state index contributed by atoms with van der Waals surface area (Å²) in [6, 6.07) is 4.23. The van der Waals surface area contributed by atoms with Crippen LogP contribution in [0.2, 0.25) is 0 Å². The van der Waals surface area contributed by atoms with Crippen LogP contribution >= 0.6 is 0 Å². The van der Waals surface area contributed by atoms with Crippen LogP contribution in [0.5, 0.6) is 0 Å². The Bertz CT molecular complexity index is 325. The van der Waals surface area contributed by atoms with E-state index in [1.165, 1.54) is 11.3 Å². The van der Waals surface area contributed by atoms with Gasteiger partial charge in [0.2, 0.25) is 0 Å². The van der Waals surface area contributed by atoms with E-state index in [4.69, 9.17) is 0 Å². The van der Waals surface area contributed by atoms with Crippen LogP contribution in [-0.2, 0) is 13.0 Å². The summed E-state index contributed by atoms with van der Waals surface area (Å²) in [6.45, 7) is 8.95. The molecule has 0 amide bonds. The summed E-state index contributed by atoms with van der Waals surface area (Å²) in [5, 5.41) is 0. The number of nitrogens with zero attached hydrogens (tertiary/aromatic N) is 2. The fourth-order valence-electron chi connectivity index (χ4n) is 1.93. The van der Waals surface area contributed by atoms with Crippen LogP contribution in [0, 0.1) is 0 Å². The maximum Gasteiger partial charge on any atom is 0.0576 e. The van der Waals surface area contributed by atoms with Crippen molar-refractivity contribution in [3.63, 3.8) is 0 Å². The van der Waals surface area contributed by atoms with E-state index in [2.05, 4.69) is 36.7 Å².